The van der Waals surface area contributed by atoms with Gasteiger partial charge in [0.1, 0.15) is 0 Å². The first-order chi connectivity index (χ1) is 9.10. The maximum Gasteiger partial charge on any atom is 0.219 e. The van der Waals surface area contributed by atoms with Crippen LogP contribution in [0.15, 0.2) is 0 Å². The molecule has 4 aliphatic heterocycles. The van der Waals surface area contributed by atoms with Gasteiger partial charge < -0.3 is 9.80 Å². The van der Waals surface area contributed by atoms with Crippen LogP contribution in [0.3, 0.4) is 0 Å². The van der Waals surface area contributed by atoms with Crippen LogP contribution in [0.2, 0.25) is 0 Å². The van der Waals surface area contributed by atoms with E-state index in [-0.39, 0.29) is 5.91 Å². The number of carbonyl (C=O) groups is 2. The molecule has 5 nitrogen and oxygen atoms in total. The van der Waals surface area contributed by atoms with Gasteiger partial charge in [-0.15, -0.1) is 0 Å². The third-order valence-electron chi connectivity index (χ3n) is 5.75. The Balaban J connectivity index is 1.29. The number of nitrogens with zero attached hydrogens (tertiary/aromatic N) is 3. The fourth-order valence-corrected chi connectivity index (χ4v) is 4.58. The summed E-state index contributed by atoms with van der Waals surface area (Å²) in [6, 6.07) is 1.65. The summed E-state index contributed by atoms with van der Waals surface area (Å²) in [7, 11) is 0. The van der Waals surface area contributed by atoms with E-state index in [1.807, 2.05) is 9.80 Å². The second-order valence-corrected chi connectivity index (χ2v) is 6.99. The zero-order valence-electron chi connectivity index (χ0n) is 11.4. The zero-order valence-corrected chi connectivity index (χ0v) is 11.4. The van der Waals surface area contributed by atoms with Crippen molar-refractivity contribution in [2.24, 2.45) is 5.41 Å². The molecule has 2 bridgehead atoms. The summed E-state index contributed by atoms with van der Waals surface area (Å²) in [6.45, 7) is 5.73. The maximum absolute atomic E-state index is 11.2. The van der Waals surface area contributed by atoms with Crippen molar-refractivity contribution in [2.75, 3.05) is 26.2 Å². The van der Waals surface area contributed by atoms with Crippen molar-refractivity contribution in [3.05, 3.63) is 0 Å². The number of rotatable bonds is 2. The summed E-state index contributed by atoms with van der Waals surface area (Å²) in [6.07, 6.45) is 4.72. The van der Waals surface area contributed by atoms with Crippen LogP contribution >= 0.6 is 0 Å². The molecule has 0 aromatic carbocycles. The first-order valence-electron chi connectivity index (χ1n) is 7.32. The SMILES string of the molecule is CC(=O)N1CC2(CC(N3C[C@H]4C[C@@H](C3)N4C=O)C2)C1. The largest absolute Gasteiger partial charge is 0.342 e. The Morgan fingerprint density at radius 1 is 1.16 bits per heavy atom. The molecule has 0 unspecified atom stereocenters. The molecule has 0 aromatic heterocycles. The molecule has 0 N–H and O–H groups in total. The average molecular weight is 263 g/mol. The normalized spacial score (nSPS) is 36.5. The molecule has 5 fully saturated rings. The second kappa shape index (κ2) is 3.72. The van der Waals surface area contributed by atoms with E-state index in [2.05, 4.69) is 4.90 Å². The van der Waals surface area contributed by atoms with Crippen molar-refractivity contribution in [1.29, 1.82) is 0 Å². The van der Waals surface area contributed by atoms with Crippen molar-refractivity contribution in [1.82, 2.24) is 14.7 Å². The minimum Gasteiger partial charge on any atom is -0.342 e. The van der Waals surface area contributed by atoms with Crippen LogP contribution in [0.1, 0.15) is 26.2 Å². The highest BCUT2D eigenvalue weighted by Crippen LogP contribution is 2.51. The van der Waals surface area contributed by atoms with Gasteiger partial charge in [0.2, 0.25) is 12.3 Å². The molecule has 104 valence electrons. The topological polar surface area (TPSA) is 43.9 Å². The molecule has 5 heteroatoms. The van der Waals surface area contributed by atoms with Gasteiger partial charge >= 0.3 is 0 Å². The number of likely N-dealkylation sites (tertiary alicyclic amines) is 1. The maximum atomic E-state index is 11.2. The summed E-state index contributed by atoms with van der Waals surface area (Å²) in [4.78, 5) is 28.7. The minimum absolute atomic E-state index is 0.218. The van der Waals surface area contributed by atoms with Crippen molar-refractivity contribution < 1.29 is 9.59 Å². The minimum atomic E-state index is 0.218. The molecule has 19 heavy (non-hydrogen) atoms. The fourth-order valence-electron chi connectivity index (χ4n) is 4.58. The molecule has 1 aliphatic carbocycles. The fraction of sp³-hybridized carbons (Fsp3) is 0.857. The van der Waals surface area contributed by atoms with Gasteiger partial charge in [0.25, 0.3) is 0 Å². The molecule has 1 spiro atoms. The number of piperidine rings is 1. The molecular formula is C14H21N3O2. The lowest BCUT2D eigenvalue weighted by Gasteiger charge is -2.64. The molecule has 5 aliphatic rings. The summed E-state index contributed by atoms with van der Waals surface area (Å²) < 4.78 is 0. The van der Waals surface area contributed by atoms with Crippen molar-refractivity contribution >= 4 is 12.3 Å². The molecule has 0 aromatic rings. The lowest BCUT2D eigenvalue weighted by atomic mass is 9.59. The van der Waals surface area contributed by atoms with E-state index in [0.717, 1.165) is 32.6 Å². The predicted molar refractivity (Wildman–Crippen MR) is 69.4 cm³/mol. The Bertz CT molecular complexity index is 412. The molecule has 4 saturated heterocycles. The number of piperazine rings is 1. The molecule has 5 rings (SSSR count). The predicted octanol–water partition coefficient (Wildman–Crippen LogP) is -0.0878. The van der Waals surface area contributed by atoms with E-state index < -0.39 is 0 Å². The van der Waals surface area contributed by atoms with Crippen LogP contribution < -0.4 is 0 Å². The standard InChI is InChI=1S/C14H21N3O2/c1-10(19)16-7-14(8-16)3-13(4-14)15-5-11-2-12(6-15)17(11)9-18/h9,11-13H,2-8H2,1H3/t11-,12+. The highest BCUT2D eigenvalue weighted by atomic mass is 16.2. The Hall–Kier alpha value is -1.10. The number of carbonyl (C=O) groups excluding carboxylic acids is 2. The quantitative estimate of drug-likeness (QED) is 0.654. The van der Waals surface area contributed by atoms with Gasteiger partial charge in [-0.05, 0) is 19.3 Å². The summed E-state index contributed by atoms with van der Waals surface area (Å²) in [5, 5.41) is 0. The van der Waals surface area contributed by atoms with Gasteiger partial charge in [0.05, 0.1) is 0 Å². The van der Waals surface area contributed by atoms with E-state index in [4.69, 9.17) is 0 Å². The third kappa shape index (κ3) is 1.57. The number of fused-ring (bicyclic) bond motifs is 2. The van der Waals surface area contributed by atoms with Crippen LogP contribution in [-0.2, 0) is 9.59 Å². The molecule has 1 saturated carbocycles. The Labute approximate surface area is 113 Å². The highest BCUT2D eigenvalue weighted by Gasteiger charge is 2.56. The van der Waals surface area contributed by atoms with Crippen molar-refractivity contribution in [3.8, 4) is 0 Å². The van der Waals surface area contributed by atoms with E-state index in [1.165, 1.54) is 19.3 Å². The van der Waals surface area contributed by atoms with E-state index >= 15 is 0 Å². The lowest BCUT2D eigenvalue weighted by molar-refractivity contribution is -0.167. The van der Waals surface area contributed by atoms with Gasteiger partial charge in [-0.25, -0.2) is 0 Å². The van der Waals surface area contributed by atoms with Gasteiger partial charge in [-0.2, -0.15) is 0 Å². The number of hydrogen-bond donors (Lipinski definition) is 0. The highest BCUT2D eigenvalue weighted by molar-refractivity contribution is 5.74. The molecule has 2 amide bonds. The Morgan fingerprint density at radius 3 is 2.32 bits per heavy atom. The van der Waals surface area contributed by atoms with Gasteiger partial charge in [-0.3, -0.25) is 14.5 Å². The van der Waals surface area contributed by atoms with Crippen LogP contribution in [0, 0.1) is 5.41 Å². The average Bonchev–Trinajstić information content (AvgIpc) is 2.25. The Morgan fingerprint density at radius 2 is 1.79 bits per heavy atom. The monoisotopic (exact) mass is 263 g/mol. The number of hydrogen-bond acceptors (Lipinski definition) is 3. The summed E-state index contributed by atoms with van der Waals surface area (Å²) >= 11 is 0. The van der Waals surface area contributed by atoms with Crippen LogP contribution in [0.4, 0.5) is 0 Å². The van der Waals surface area contributed by atoms with Gasteiger partial charge in [0.15, 0.2) is 0 Å². The van der Waals surface area contributed by atoms with E-state index in [9.17, 15) is 9.59 Å². The van der Waals surface area contributed by atoms with Crippen LogP contribution in [-0.4, -0.2) is 71.3 Å². The zero-order chi connectivity index (χ0) is 13.2. The van der Waals surface area contributed by atoms with E-state index in [0.29, 0.717) is 23.5 Å². The van der Waals surface area contributed by atoms with Crippen LogP contribution in [0.25, 0.3) is 0 Å². The van der Waals surface area contributed by atoms with Crippen molar-refractivity contribution in [2.45, 2.75) is 44.3 Å². The molecule has 0 radical (unpaired) electrons. The smallest absolute Gasteiger partial charge is 0.219 e. The van der Waals surface area contributed by atoms with Crippen molar-refractivity contribution in [3.63, 3.8) is 0 Å². The summed E-state index contributed by atoms with van der Waals surface area (Å²) in [5.41, 5.74) is 0.447. The molecule has 4 heterocycles. The van der Waals surface area contributed by atoms with E-state index in [1.54, 1.807) is 6.92 Å². The second-order valence-electron chi connectivity index (χ2n) is 6.99. The first kappa shape index (κ1) is 11.7. The first-order valence-corrected chi connectivity index (χ1v) is 7.32. The Kier molecular flexibility index (Phi) is 2.29. The molecular weight excluding hydrogens is 242 g/mol. The summed E-state index contributed by atoms with van der Waals surface area (Å²) in [5.74, 6) is 0.218. The number of amides is 2. The third-order valence-corrected chi connectivity index (χ3v) is 5.75. The molecule has 2 atom stereocenters. The van der Waals surface area contributed by atoms with Crippen LogP contribution in [0.5, 0.6) is 0 Å². The van der Waals surface area contributed by atoms with Gasteiger partial charge in [0, 0.05) is 56.6 Å². The van der Waals surface area contributed by atoms with Gasteiger partial charge in [-0.1, -0.05) is 0 Å². The lowest BCUT2D eigenvalue weighted by Crippen LogP contribution is -2.73.